The molecule has 21 heavy (non-hydrogen) atoms. The first-order chi connectivity index (χ1) is 10.0. The lowest BCUT2D eigenvalue weighted by Gasteiger charge is -2.25. The molecule has 0 aliphatic rings. The molecule has 1 unspecified atom stereocenters. The van der Waals surface area contributed by atoms with Crippen LogP contribution in [0.1, 0.15) is 24.1 Å². The molecule has 2 nitrogen and oxygen atoms in total. The maximum absolute atomic E-state index is 5.94. The first kappa shape index (κ1) is 16.3. The van der Waals surface area contributed by atoms with E-state index >= 15 is 0 Å². The summed E-state index contributed by atoms with van der Waals surface area (Å²) in [4.78, 5) is 2.30. The summed E-state index contributed by atoms with van der Waals surface area (Å²) in [7, 11) is 3.80. The third-order valence-corrected chi connectivity index (χ3v) is 4.53. The SMILES string of the molecule is COc1ccc(CN(C)C(C)c2ccc(Cl)cc2)cc1Br. The normalized spacial score (nSPS) is 12.5. The number of nitrogens with zero attached hydrogens (tertiary/aromatic N) is 1. The molecule has 1 atom stereocenters. The summed E-state index contributed by atoms with van der Waals surface area (Å²) in [5.74, 6) is 0.854. The van der Waals surface area contributed by atoms with Crippen LogP contribution in [0.4, 0.5) is 0 Å². The monoisotopic (exact) mass is 367 g/mol. The molecule has 0 saturated heterocycles. The average Bonchev–Trinajstić information content (AvgIpc) is 2.47. The van der Waals surface area contributed by atoms with Gasteiger partial charge in [0.25, 0.3) is 0 Å². The van der Waals surface area contributed by atoms with Crippen molar-refractivity contribution >= 4 is 27.5 Å². The van der Waals surface area contributed by atoms with Crippen molar-refractivity contribution in [2.24, 2.45) is 0 Å². The molecule has 4 heteroatoms. The zero-order valence-corrected chi connectivity index (χ0v) is 14.8. The highest BCUT2D eigenvalue weighted by Gasteiger charge is 2.12. The van der Waals surface area contributed by atoms with Crippen LogP contribution in [0.3, 0.4) is 0 Å². The van der Waals surface area contributed by atoms with Crippen molar-refractivity contribution < 1.29 is 4.74 Å². The largest absolute Gasteiger partial charge is 0.496 e. The van der Waals surface area contributed by atoms with Crippen LogP contribution >= 0.6 is 27.5 Å². The van der Waals surface area contributed by atoms with Crippen molar-refractivity contribution in [3.8, 4) is 5.75 Å². The van der Waals surface area contributed by atoms with Crippen LogP contribution in [0.15, 0.2) is 46.9 Å². The first-order valence-electron chi connectivity index (χ1n) is 6.79. The summed E-state index contributed by atoms with van der Waals surface area (Å²) in [5.41, 5.74) is 2.50. The molecule has 112 valence electrons. The first-order valence-corrected chi connectivity index (χ1v) is 7.96. The average molecular weight is 369 g/mol. The maximum atomic E-state index is 5.94. The summed E-state index contributed by atoms with van der Waals surface area (Å²) in [6.45, 7) is 3.06. The van der Waals surface area contributed by atoms with E-state index in [4.69, 9.17) is 16.3 Å². The number of hydrogen-bond donors (Lipinski definition) is 0. The fourth-order valence-corrected chi connectivity index (χ4v) is 2.94. The maximum Gasteiger partial charge on any atom is 0.133 e. The Morgan fingerprint density at radius 3 is 2.43 bits per heavy atom. The van der Waals surface area contributed by atoms with Gasteiger partial charge >= 0.3 is 0 Å². The molecule has 0 aliphatic carbocycles. The van der Waals surface area contributed by atoms with E-state index < -0.39 is 0 Å². The molecule has 0 amide bonds. The smallest absolute Gasteiger partial charge is 0.133 e. The summed E-state index contributed by atoms with van der Waals surface area (Å²) in [6, 6.07) is 14.5. The molecule has 0 bridgehead atoms. The van der Waals surface area contributed by atoms with E-state index in [1.54, 1.807) is 7.11 Å². The zero-order chi connectivity index (χ0) is 15.4. The molecular weight excluding hydrogens is 350 g/mol. The second-order valence-corrected chi connectivity index (χ2v) is 6.40. The van der Waals surface area contributed by atoms with E-state index in [-0.39, 0.29) is 0 Å². The third-order valence-electron chi connectivity index (χ3n) is 3.66. The van der Waals surface area contributed by atoms with Crippen molar-refractivity contribution in [1.29, 1.82) is 0 Å². The lowest BCUT2D eigenvalue weighted by Crippen LogP contribution is -2.21. The molecule has 2 aromatic carbocycles. The van der Waals surface area contributed by atoms with Gasteiger partial charge in [0.1, 0.15) is 5.75 Å². The van der Waals surface area contributed by atoms with E-state index in [1.807, 2.05) is 18.2 Å². The van der Waals surface area contributed by atoms with Crippen LogP contribution in [0.5, 0.6) is 5.75 Å². The Morgan fingerprint density at radius 2 is 1.86 bits per heavy atom. The van der Waals surface area contributed by atoms with Gasteiger partial charge in [0, 0.05) is 17.6 Å². The Hall–Kier alpha value is -1.03. The molecule has 0 saturated carbocycles. The van der Waals surface area contributed by atoms with Crippen molar-refractivity contribution in [1.82, 2.24) is 4.90 Å². The molecule has 0 fully saturated rings. The van der Waals surface area contributed by atoms with Gasteiger partial charge in [0.2, 0.25) is 0 Å². The molecule has 0 spiro atoms. The number of halogens is 2. The standard InChI is InChI=1S/C17H19BrClNO/c1-12(14-5-7-15(19)8-6-14)20(2)11-13-4-9-17(21-3)16(18)10-13/h4-10,12H,11H2,1-3H3. The number of rotatable bonds is 5. The molecule has 0 heterocycles. The lowest BCUT2D eigenvalue weighted by atomic mass is 10.1. The van der Waals surface area contributed by atoms with Gasteiger partial charge in [-0.05, 0) is 65.3 Å². The molecule has 0 aliphatic heterocycles. The van der Waals surface area contributed by atoms with Gasteiger partial charge in [-0.3, -0.25) is 4.90 Å². The second kappa shape index (κ2) is 7.30. The summed E-state index contributed by atoms with van der Waals surface area (Å²) in [5, 5.41) is 0.771. The fourth-order valence-electron chi connectivity index (χ4n) is 2.23. The second-order valence-electron chi connectivity index (χ2n) is 5.11. The minimum absolute atomic E-state index is 0.322. The number of hydrogen-bond acceptors (Lipinski definition) is 2. The molecule has 2 aromatic rings. The zero-order valence-electron chi connectivity index (χ0n) is 12.4. The highest BCUT2D eigenvalue weighted by Crippen LogP contribution is 2.27. The predicted octanol–water partition coefficient (Wildman–Crippen LogP) is 5.30. The van der Waals surface area contributed by atoms with E-state index in [9.17, 15) is 0 Å². The highest BCUT2D eigenvalue weighted by atomic mass is 79.9. The Balaban J connectivity index is 2.08. The topological polar surface area (TPSA) is 12.5 Å². The Morgan fingerprint density at radius 1 is 1.19 bits per heavy atom. The molecule has 0 radical (unpaired) electrons. The summed E-state index contributed by atoms with van der Waals surface area (Å²) >= 11 is 9.47. The van der Waals surface area contributed by atoms with Crippen LogP contribution in [0.25, 0.3) is 0 Å². The lowest BCUT2D eigenvalue weighted by molar-refractivity contribution is 0.253. The molecule has 0 N–H and O–H groups in total. The minimum atomic E-state index is 0.322. The van der Waals surface area contributed by atoms with Gasteiger partial charge in [-0.2, -0.15) is 0 Å². The minimum Gasteiger partial charge on any atom is -0.496 e. The number of benzene rings is 2. The van der Waals surface area contributed by atoms with Gasteiger partial charge in [-0.15, -0.1) is 0 Å². The number of methoxy groups -OCH3 is 1. The van der Waals surface area contributed by atoms with Crippen molar-refractivity contribution in [2.75, 3.05) is 14.2 Å². The van der Waals surface area contributed by atoms with Gasteiger partial charge < -0.3 is 4.74 Å². The van der Waals surface area contributed by atoms with Crippen molar-refractivity contribution in [3.63, 3.8) is 0 Å². The molecular formula is C17H19BrClNO. The Bertz CT molecular complexity index is 600. The van der Waals surface area contributed by atoms with Crippen LogP contribution < -0.4 is 4.74 Å². The van der Waals surface area contributed by atoms with Crippen LogP contribution in [-0.2, 0) is 6.54 Å². The van der Waals surface area contributed by atoms with Gasteiger partial charge in [0.05, 0.1) is 11.6 Å². The molecule has 0 aromatic heterocycles. The van der Waals surface area contributed by atoms with Gasteiger partial charge in [0.15, 0.2) is 0 Å². The van der Waals surface area contributed by atoms with Gasteiger partial charge in [-0.1, -0.05) is 29.8 Å². The van der Waals surface area contributed by atoms with E-state index in [1.165, 1.54) is 11.1 Å². The fraction of sp³-hybridized carbons (Fsp3) is 0.294. The highest BCUT2D eigenvalue weighted by molar-refractivity contribution is 9.10. The summed E-state index contributed by atoms with van der Waals surface area (Å²) < 4.78 is 6.24. The van der Waals surface area contributed by atoms with E-state index in [0.29, 0.717) is 6.04 Å². The van der Waals surface area contributed by atoms with Crippen LogP contribution in [-0.4, -0.2) is 19.1 Å². The van der Waals surface area contributed by atoms with Crippen molar-refractivity contribution in [3.05, 3.63) is 63.1 Å². The Labute approximate surface area is 139 Å². The van der Waals surface area contributed by atoms with Gasteiger partial charge in [-0.25, -0.2) is 0 Å². The van der Waals surface area contributed by atoms with Crippen LogP contribution in [0, 0.1) is 0 Å². The quantitative estimate of drug-likeness (QED) is 0.709. The third kappa shape index (κ3) is 4.22. The molecule has 2 rings (SSSR count). The number of ether oxygens (including phenoxy) is 1. The summed E-state index contributed by atoms with van der Waals surface area (Å²) in [6.07, 6.45) is 0. The van der Waals surface area contributed by atoms with E-state index in [2.05, 4.69) is 59.1 Å². The van der Waals surface area contributed by atoms with E-state index in [0.717, 1.165) is 21.8 Å². The predicted molar refractivity (Wildman–Crippen MR) is 92.0 cm³/mol. The Kier molecular flexibility index (Phi) is 5.68. The van der Waals surface area contributed by atoms with Crippen molar-refractivity contribution in [2.45, 2.75) is 19.5 Å². The van der Waals surface area contributed by atoms with Crippen LogP contribution in [0.2, 0.25) is 5.02 Å².